The van der Waals surface area contributed by atoms with Gasteiger partial charge in [-0.2, -0.15) is 5.10 Å². The number of pyridine rings is 1. The molecular formula is C93H74F2N12O15+2. The number of carbonyl (C=O) groups is 6. The second-order valence-corrected chi connectivity index (χ2v) is 28.0. The second kappa shape index (κ2) is 35.2. The van der Waals surface area contributed by atoms with E-state index in [0.717, 1.165) is 39.9 Å². The van der Waals surface area contributed by atoms with E-state index in [0.29, 0.717) is 79.1 Å². The summed E-state index contributed by atoms with van der Waals surface area (Å²) < 4.78 is 72.5. The van der Waals surface area contributed by atoms with Gasteiger partial charge in [0.25, 0.3) is 11.5 Å². The topological polar surface area (TPSA) is 329 Å². The molecule has 4 heterocycles. The lowest BCUT2D eigenvalue weighted by atomic mass is 10.0. The molecule has 0 aliphatic heterocycles. The maximum Gasteiger partial charge on any atom is 0.415 e. The molecule has 0 bridgehead atoms. The summed E-state index contributed by atoms with van der Waals surface area (Å²) in [5.74, 6) is -4.99. The number of benzene rings is 11. The molecule has 3 amide bonds. The van der Waals surface area contributed by atoms with Crippen molar-refractivity contribution >= 4 is 53.6 Å². The maximum absolute atomic E-state index is 15.5. The summed E-state index contributed by atoms with van der Waals surface area (Å²) in [6.45, 7) is 6.97. The van der Waals surface area contributed by atoms with Crippen LogP contribution >= 0.6 is 0 Å². The molecule has 3 unspecified atom stereocenters. The SMILES string of the molecule is Cc1n[n+](-c2ccc(C(C)OC(=O)Nc3c(-c4ccc(-c5ccc(Oc6ccccc6C(=O)O)cc5)cc4)[n+](-c4ccc(C(C)OC(=O)Nc5c(-c6ccc(-c7cc(F)c(Oc8ncccc8C(=O)O)c(F)c7)cc6)cnn5C)cc4)nn3C)cc2)n(-c2ccc(-c3ccc(Oc4ccccc4C(=O)O)cc3)cc2)c1NC(=O)OC(C)c1ccccc1. The van der Waals surface area contributed by atoms with Gasteiger partial charge < -0.3 is 43.7 Å². The highest BCUT2D eigenvalue weighted by Crippen LogP contribution is 2.39. The minimum atomic E-state index is -1.39. The van der Waals surface area contributed by atoms with Gasteiger partial charge >= 0.3 is 36.2 Å². The van der Waals surface area contributed by atoms with Gasteiger partial charge in [-0.3, -0.25) is 20.6 Å². The fraction of sp³-hybridized carbons (Fsp3) is 0.0968. The Morgan fingerprint density at radius 1 is 0.426 bits per heavy atom. The monoisotopic (exact) mass is 1640 g/mol. The van der Waals surface area contributed by atoms with Crippen LogP contribution in [0.25, 0.3) is 72.8 Å². The lowest BCUT2D eigenvalue weighted by molar-refractivity contribution is -0.730. The van der Waals surface area contributed by atoms with Crippen LogP contribution in [0.1, 0.15) is 92.5 Å². The number of aryl methyl sites for hydroxylation is 3. The van der Waals surface area contributed by atoms with E-state index in [9.17, 15) is 44.1 Å². The number of aromatic nitrogens is 9. The summed E-state index contributed by atoms with van der Waals surface area (Å²) in [5, 5.41) is 51.9. The normalized spacial score (nSPS) is 11.8. The molecule has 4 aromatic heterocycles. The molecule has 6 N–H and O–H groups in total. The number of rotatable bonds is 26. The number of carbonyl (C=O) groups excluding carboxylic acids is 3. The minimum absolute atomic E-state index is 0.0159. The number of ether oxygens (including phenoxy) is 6. The number of hydrogen-bond acceptors (Lipinski definition) is 16. The summed E-state index contributed by atoms with van der Waals surface area (Å²) in [6.07, 6.45) is -1.81. The first-order valence-electron chi connectivity index (χ1n) is 38.1. The highest BCUT2D eigenvalue weighted by atomic mass is 19.1. The van der Waals surface area contributed by atoms with Crippen molar-refractivity contribution in [2.45, 2.75) is 46.0 Å². The molecule has 0 spiro atoms. The molecule has 3 atom stereocenters. The highest BCUT2D eigenvalue weighted by molar-refractivity contribution is 5.94. The minimum Gasteiger partial charge on any atom is -0.478 e. The lowest BCUT2D eigenvalue weighted by Crippen LogP contribution is -2.43. The summed E-state index contributed by atoms with van der Waals surface area (Å²) in [5.41, 5.74) is 9.90. The Hall–Kier alpha value is -16.5. The number of nitrogens with one attached hydrogen (secondary N) is 3. The van der Waals surface area contributed by atoms with E-state index in [2.05, 4.69) is 26.0 Å². The van der Waals surface area contributed by atoms with Gasteiger partial charge in [-0.25, -0.2) is 42.5 Å². The smallest absolute Gasteiger partial charge is 0.415 e. The molecule has 0 saturated carbocycles. The third-order valence-electron chi connectivity index (χ3n) is 20.0. The first-order chi connectivity index (χ1) is 58.9. The number of halogens is 2. The summed E-state index contributed by atoms with van der Waals surface area (Å²) in [4.78, 5) is 83.1. The standard InChI is InChI=1S/C93H72F2N12O15/c1-54-84(98-91(114)117-55(2)58-15-8-7-9-16-58)106(70-42-34-62(35-43-70)64-38-48-73(49-39-64)121-81-21-13-11-18-75(81)89(110)111)107(101-54)71-44-32-60(33-45-71)57(4)119-93(116)100-86-82(67-28-24-61(25-29-67)63-36-46-72(47-37-63)120-80-20-12-10-17-74(80)88(108)109)105(102-104(86)6)69-40-30-59(31-41-69)56(3)118-92(115)99-85-77(53-97-103(85)5)66-26-22-65(23-27-66)68-51-78(94)83(79(95)52-68)122-87-76(90(112)113)19-14-50-96-87/h7-53,55-57H,1-6H3,(H4-,97,99,100,102,108,109,110,111,112,113,115,116)/p+2. The first kappa shape index (κ1) is 80.7. The molecule has 29 heteroatoms. The van der Waals surface area contributed by atoms with Gasteiger partial charge in [-0.05, 0) is 205 Å². The van der Waals surface area contributed by atoms with Gasteiger partial charge in [0.15, 0.2) is 23.0 Å². The largest absolute Gasteiger partial charge is 0.478 e. The van der Waals surface area contributed by atoms with Crippen molar-refractivity contribution in [1.82, 2.24) is 34.4 Å². The van der Waals surface area contributed by atoms with E-state index in [4.69, 9.17) is 38.7 Å². The Kier molecular flexibility index (Phi) is 23.3. The summed E-state index contributed by atoms with van der Waals surface area (Å²) >= 11 is 0. The van der Waals surface area contributed by atoms with Gasteiger partial charge in [-0.15, -0.1) is 4.68 Å². The molecule has 27 nitrogen and oxygen atoms in total. The van der Waals surface area contributed by atoms with Crippen molar-refractivity contribution < 1.29 is 90.8 Å². The molecule has 0 saturated heterocycles. The van der Waals surface area contributed by atoms with E-state index < -0.39 is 77.8 Å². The maximum atomic E-state index is 15.5. The van der Waals surface area contributed by atoms with E-state index in [1.165, 1.54) is 39.8 Å². The number of carboxylic acids is 3. The van der Waals surface area contributed by atoms with Crippen molar-refractivity contribution in [2.24, 2.45) is 14.1 Å². The molecule has 15 rings (SSSR count). The predicted octanol–water partition coefficient (Wildman–Crippen LogP) is 19.6. The highest BCUT2D eigenvalue weighted by Gasteiger charge is 2.33. The van der Waals surface area contributed by atoms with E-state index in [-0.39, 0.29) is 45.4 Å². The van der Waals surface area contributed by atoms with E-state index >= 15 is 8.78 Å². The van der Waals surface area contributed by atoms with Crippen molar-refractivity contribution in [2.75, 3.05) is 16.0 Å². The molecule has 11 aromatic carbocycles. The summed E-state index contributed by atoms with van der Waals surface area (Å²) in [6, 6.07) is 77.3. The Labute approximate surface area is 695 Å². The van der Waals surface area contributed by atoms with Gasteiger partial charge in [0.1, 0.15) is 76.6 Å². The third kappa shape index (κ3) is 17.8. The number of anilines is 3. The van der Waals surface area contributed by atoms with Crippen LogP contribution in [0, 0.1) is 18.6 Å². The zero-order valence-corrected chi connectivity index (χ0v) is 65.9. The average Bonchev–Trinajstić information content (AvgIpc) is 1.63. The fourth-order valence-electron chi connectivity index (χ4n) is 13.6. The Morgan fingerprint density at radius 2 is 0.844 bits per heavy atom. The van der Waals surface area contributed by atoms with Crippen molar-refractivity contribution in [3.63, 3.8) is 0 Å². The Bertz CT molecular complexity index is 6430. The quantitative estimate of drug-likeness (QED) is 0.0217. The fourth-order valence-corrected chi connectivity index (χ4v) is 13.6. The van der Waals surface area contributed by atoms with Gasteiger partial charge in [-0.1, -0.05) is 149 Å². The van der Waals surface area contributed by atoms with E-state index in [1.54, 1.807) is 196 Å². The van der Waals surface area contributed by atoms with Crippen LogP contribution in [0.5, 0.6) is 34.6 Å². The van der Waals surface area contributed by atoms with Crippen LogP contribution in [0.3, 0.4) is 0 Å². The number of carboxylic acid groups (broad SMARTS) is 3. The molecular weight excluding hydrogens is 1560 g/mol. The average molecular weight is 1640 g/mol. The third-order valence-corrected chi connectivity index (χ3v) is 20.0. The summed E-state index contributed by atoms with van der Waals surface area (Å²) in [7, 11) is 3.30. The molecule has 0 aliphatic rings. The van der Waals surface area contributed by atoms with Crippen LogP contribution in [0.15, 0.2) is 285 Å². The van der Waals surface area contributed by atoms with Crippen molar-refractivity contribution in [1.29, 1.82) is 0 Å². The number of aromatic carboxylic acids is 3. The van der Waals surface area contributed by atoms with Crippen LogP contribution < -0.4 is 39.6 Å². The zero-order chi connectivity index (χ0) is 85.4. The lowest BCUT2D eigenvalue weighted by Gasteiger charge is -2.15. The van der Waals surface area contributed by atoms with Crippen molar-refractivity contribution in [3.8, 4) is 107 Å². The zero-order valence-electron chi connectivity index (χ0n) is 65.9. The van der Waals surface area contributed by atoms with Crippen LogP contribution in [-0.2, 0) is 28.3 Å². The Balaban J connectivity index is 0.660. The number of nitrogens with zero attached hydrogens (tertiary/aromatic N) is 9. The molecule has 122 heavy (non-hydrogen) atoms. The Morgan fingerprint density at radius 3 is 1.35 bits per heavy atom. The van der Waals surface area contributed by atoms with Crippen LogP contribution in [0.4, 0.5) is 40.6 Å². The molecule has 0 radical (unpaired) electrons. The van der Waals surface area contributed by atoms with Crippen LogP contribution in [-0.4, -0.2) is 85.9 Å². The molecule has 0 fully saturated rings. The number of para-hydroxylation sites is 2. The van der Waals surface area contributed by atoms with Gasteiger partial charge in [0, 0.05) is 46.4 Å². The van der Waals surface area contributed by atoms with Crippen molar-refractivity contribution in [3.05, 3.63) is 336 Å². The second-order valence-electron chi connectivity index (χ2n) is 28.0. The molecule has 0 aliphatic carbocycles. The number of hydrogen-bond donors (Lipinski definition) is 6. The first-order valence-corrected chi connectivity index (χ1v) is 38.1. The van der Waals surface area contributed by atoms with Crippen LogP contribution in [0.2, 0.25) is 0 Å². The number of amides is 3. The van der Waals surface area contributed by atoms with Gasteiger partial charge in [0.05, 0.1) is 11.4 Å². The van der Waals surface area contributed by atoms with E-state index in [1.807, 2.05) is 103 Å². The van der Waals surface area contributed by atoms with Gasteiger partial charge in [0.2, 0.25) is 23.1 Å². The molecule has 608 valence electrons. The molecule has 15 aromatic rings. The predicted molar refractivity (Wildman–Crippen MR) is 445 cm³/mol.